The third kappa shape index (κ3) is 3.05. The van der Waals surface area contributed by atoms with Gasteiger partial charge in [-0.3, -0.25) is 4.79 Å². The van der Waals surface area contributed by atoms with Crippen LogP contribution in [0.2, 0.25) is 10.0 Å². The number of halogens is 2. The van der Waals surface area contributed by atoms with E-state index in [4.69, 9.17) is 28.0 Å². The maximum absolute atomic E-state index is 12.6. The van der Waals surface area contributed by atoms with Crippen LogP contribution in [0.1, 0.15) is 45.1 Å². The second-order valence-corrected chi connectivity index (χ2v) is 7.08. The van der Waals surface area contributed by atoms with Crippen molar-refractivity contribution in [1.82, 2.24) is 5.32 Å². The van der Waals surface area contributed by atoms with E-state index >= 15 is 0 Å². The molecule has 0 bridgehead atoms. The minimum absolute atomic E-state index is 0.0677. The van der Waals surface area contributed by atoms with Crippen molar-refractivity contribution in [2.75, 3.05) is 6.61 Å². The van der Waals surface area contributed by atoms with Crippen molar-refractivity contribution < 1.29 is 9.63 Å². The van der Waals surface area contributed by atoms with Gasteiger partial charge in [0.2, 0.25) is 0 Å². The summed E-state index contributed by atoms with van der Waals surface area (Å²) in [4.78, 5) is 17.8. The fourth-order valence-electron chi connectivity index (χ4n) is 3.51. The van der Waals surface area contributed by atoms with E-state index in [1.165, 1.54) is 0 Å². The second-order valence-electron chi connectivity index (χ2n) is 6.24. The fourth-order valence-corrected chi connectivity index (χ4v) is 4.02. The summed E-state index contributed by atoms with van der Waals surface area (Å²) in [5.41, 5.74) is 3.21. The van der Waals surface area contributed by atoms with Crippen molar-refractivity contribution in [3.63, 3.8) is 0 Å². The number of nitrogens with one attached hydrogen (secondary N) is 1. The molecule has 4 nitrogen and oxygen atoms in total. The summed E-state index contributed by atoms with van der Waals surface area (Å²) in [6, 6.07) is 5.24. The molecule has 1 N–H and O–H groups in total. The van der Waals surface area contributed by atoms with Crippen molar-refractivity contribution in [3.8, 4) is 0 Å². The molecule has 1 aliphatic heterocycles. The van der Waals surface area contributed by atoms with E-state index in [9.17, 15) is 4.79 Å². The SMILES string of the molecule is CCON=C1CCC2(CC1)NC(=O)C(c1ccc(Cl)cc1Cl)=C2C. The summed E-state index contributed by atoms with van der Waals surface area (Å²) in [5.74, 6) is -0.0677. The van der Waals surface area contributed by atoms with Crippen LogP contribution in [0.5, 0.6) is 0 Å². The van der Waals surface area contributed by atoms with Crippen LogP contribution in [0.15, 0.2) is 28.9 Å². The Kier molecular flexibility index (Phi) is 4.88. The molecule has 1 amide bonds. The normalized spacial score (nSPS) is 23.7. The Morgan fingerprint density at radius 1 is 1.29 bits per heavy atom. The highest BCUT2D eigenvalue weighted by molar-refractivity contribution is 6.38. The maximum atomic E-state index is 12.6. The molecule has 1 spiro atoms. The van der Waals surface area contributed by atoms with Gasteiger partial charge in [0.1, 0.15) is 6.61 Å². The monoisotopic (exact) mass is 366 g/mol. The van der Waals surface area contributed by atoms with Crippen molar-refractivity contribution in [1.29, 1.82) is 0 Å². The molecule has 0 radical (unpaired) electrons. The molecule has 1 aliphatic carbocycles. The molecule has 1 aromatic carbocycles. The predicted octanol–water partition coefficient (Wildman–Crippen LogP) is 4.60. The third-order valence-electron chi connectivity index (χ3n) is 4.88. The van der Waals surface area contributed by atoms with Gasteiger partial charge in [-0.2, -0.15) is 0 Å². The van der Waals surface area contributed by atoms with Gasteiger partial charge in [0.15, 0.2) is 0 Å². The minimum atomic E-state index is -0.305. The Hall–Kier alpha value is -1.52. The van der Waals surface area contributed by atoms with Crippen LogP contribution in [0, 0.1) is 0 Å². The molecule has 3 rings (SSSR count). The van der Waals surface area contributed by atoms with Crippen LogP contribution in [0.3, 0.4) is 0 Å². The van der Waals surface area contributed by atoms with E-state index < -0.39 is 0 Å². The maximum Gasteiger partial charge on any atom is 0.252 e. The molecule has 1 aromatic rings. The van der Waals surface area contributed by atoms with Gasteiger partial charge in [0, 0.05) is 16.2 Å². The van der Waals surface area contributed by atoms with Crippen molar-refractivity contribution in [2.45, 2.75) is 45.1 Å². The van der Waals surface area contributed by atoms with E-state index in [0.717, 1.165) is 42.5 Å². The fraction of sp³-hybridized carbons (Fsp3) is 0.444. The van der Waals surface area contributed by atoms with Crippen LogP contribution in [-0.4, -0.2) is 23.8 Å². The number of oxime groups is 1. The Morgan fingerprint density at radius 2 is 2.00 bits per heavy atom. The van der Waals surface area contributed by atoms with Gasteiger partial charge in [0.25, 0.3) is 5.91 Å². The average Bonchev–Trinajstić information content (AvgIpc) is 2.78. The summed E-state index contributed by atoms with van der Waals surface area (Å²) in [7, 11) is 0. The molecule has 0 atom stereocenters. The summed E-state index contributed by atoms with van der Waals surface area (Å²) in [6.45, 7) is 4.51. The molecule has 0 unspecified atom stereocenters. The number of rotatable bonds is 3. The van der Waals surface area contributed by atoms with Crippen molar-refractivity contribution in [2.24, 2.45) is 5.16 Å². The third-order valence-corrected chi connectivity index (χ3v) is 5.42. The molecule has 0 saturated heterocycles. The number of hydrogen-bond donors (Lipinski definition) is 1. The first kappa shape index (κ1) is 17.3. The number of carbonyl (C=O) groups is 1. The number of nitrogens with zero attached hydrogens (tertiary/aromatic N) is 1. The summed E-state index contributed by atoms with van der Waals surface area (Å²) in [5, 5.41) is 8.40. The number of amides is 1. The van der Waals surface area contributed by atoms with E-state index in [-0.39, 0.29) is 11.4 Å². The summed E-state index contributed by atoms with van der Waals surface area (Å²) < 4.78 is 0. The first-order valence-electron chi connectivity index (χ1n) is 8.14. The van der Waals surface area contributed by atoms with Gasteiger partial charge in [-0.1, -0.05) is 34.4 Å². The standard InChI is InChI=1S/C18H20Cl2N2O2/c1-3-24-22-13-6-8-18(9-7-13)11(2)16(17(23)21-18)14-5-4-12(19)10-15(14)20/h4-5,10H,3,6-9H2,1-2H3,(H,21,23). The van der Waals surface area contributed by atoms with Gasteiger partial charge in [-0.15, -0.1) is 0 Å². The molecular weight excluding hydrogens is 347 g/mol. The first-order valence-corrected chi connectivity index (χ1v) is 8.89. The lowest BCUT2D eigenvalue weighted by Crippen LogP contribution is -2.47. The highest BCUT2D eigenvalue weighted by Gasteiger charge is 2.45. The largest absolute Gasteiger partial charge is 0.396 e. The van der Waals surface area contributed by atoms with Gasteiger partial charge >= 0.3 is 0 Å². The summed E-state index contributed by atoms with van der Waals surface area (Å²) >= 11 is 12.3. The zero-order valence-corrected chi connectivity index (χ0v) is 15.3. The highest BCUT2D eigenvalue weighted by Crippen LogP contribution is 2.43. The zero-order valence-electron chi connectivity index (χ0n) is 13.8. The zero-order chi connectivity index (χ0) is 17.3. The quantitative estimate of drug-likeness (QED) is 0.794. The number of benzene rings is 1. The van der Waals surface area contributed by atoms with Gasteiger partial charge < -0.3 is 10.2 Å². The Bertz CT molecular complexity index is 731. The van der Waals surface area contributed by atoms with Crippen molar-refractivity contribution in [3.05, 3.63) is 39.4 Å². The molecule has 128 valence electrons. The minimum Gasteiger partial charge on any atom is -0.396 e. The smallest absolute Gasteiger partial charge is 0.252 e. The van der Waals surface area contributed by atoms with Crippen LogP contribution in [0.4, 0.5) is 0 Å². The molecule has 1 fully saturated rings. The van der Waals surface area contributed by atoms with Crippen LogP contribution in [-0.2, 0) is 9.63 Å². The predicted molar refractivity (Wildman–Crippen MR) is 97.5 cm³/mol. The molecule has 24 heavy (non-hydrogen) atoms. The van der Waals surface area contributed by atoms with Crippen molar-refractivity contribution >= 4 is 40.4 Å². The average molecular weight is 367 g/mol. The lowest BCUT2D eigenvalue weighted by Gasteiger charge is -2.35. The Balaban J connectivity index is 1.91. The topological polar surface area (TPSA) is 50.7 Å². The van der Waals surface area contributed by atoms with E-state index in [2.05, 4.69) is 10.5 Å². The molecule has 6 heteroatoms. The van der Waals surface area contributed by atoms with Crippen LogP contribution < -0.4 is 5.32 Å². The van der Waals surface area contributed by atoms with E-state index in [1.807, 2.05) is 19.9 Å². The number of hydrogen-bond acceptors (Lipinski definition) is 3. The molecule has 2 aliphatic rings. The molecular formula is C18H20Cl2N2O2. The van der Waals surface area contributed by atoms with Gasteiger partial charge in [-0.25, -0.2) is 0 Å². The first-order chi connectivity index (χ1) is 11.5. The molecule has 1 saturated carbocycles. The van der Waals surface area contributed by atoms with Crippen LogP contribution >= 0.6 is 23.2 Å². The molecule has 1 heterocycles. The lowest BCUT2D eigenvalue weighted by atomic mass is 9.76. The van der Waals surface area contributed by atoms with E-state index in [1.54, 1.807) is 12.1 Å². The highest BCUT2D eigenvalue weighted by atomic mass is 35.5. The number of carbonyl (C=O) groups excluding carboxylic acids is 1. The summed E-state index contributed by atoms with van der Waals surface area (Å²) in [6.07, 6.45) is 3.29. The lowest BCUT2D eigenvalue weighted by molar-refractivity contribution is -0.116. The second kappa shape index (κ2) is 6.77. The van der Waals surface area contributed by atoms with Gasteiger partial charge in [-0.05, 0) is 57.2 Å². The Morgan fingerprint density at radius 3 is 2.62 bits per heavy atom. The van der Waals surface area contributed by atoms with E-state index in [0.29, 0.717) is 22.2 Å². The van der Waals surface area contributed by atoms with Gasteiger partial charge in [0.05, 0.1) is 16.3 Å². The molecule has 0 aromatic heterocycles. The Labute approximate surface area is 151 Å². The van der Waals surface area contributed by atoms with Crippen LogP contribution in [0.25, 0.3) is 5.57 Å².